The van der Waals surface area contributed by atoms with E-state index in [9.17, 15) is 4.79 Å². The van der Waals surface area contributed by atoms with E-state index in [4.69, 9.17) is 10.5 Å². The molecular formula is C15H24N2O2. The molecule has 0 fully saturated rings. The van der Waals surface area contributed by atoms with Crippen molar-refractivity contribution in [1.82, 2.24) is 4.90 Å². The molecule has 19 heavy (non-hydrogen) atoms. The molecule has 0 spiro atoms. The summed E-state index contributed by atoms with van der Waals surface area (Å²) in [7, 11) is 1.95. The van der Waals surface area contributed by atoms with E-state index in [1.807, 2.05) is 43.1 Å². The smallest absolute Gasteiger partial charge is 0.323 e. The third-order valence-corrected chi connectivity index (χ3v) is 3.06. The van der Waals surface area contributed by atoms with Gasteiger partial charge >= 0.3 is 5.97 Å². The number of rotatable bonds is 7. The first-order valence-corrected chi connectivity index (χ1v) is 6.79. The summed E-state index contributed by atoms with van der Waals surface area (Å²) in [4.78, 5) is 14.0. The second kappa shape index (κ2) is 7.79. The van der Waals surface area contributed by atoms with Gasteiger partial charge in [-0.3, -0.25) is 9.69 Å². The SMILES string of the molecule is CCCC(C(=O)OCC)N(C)Cc1ccc(N)cc1. The molecule has 1 unspecified atom stereocenters. The fourth-order valence-electron chi connectivity index (χ4n) is 2.05. The fraction of sp³-hybridized carbons (Fsp3) is 0.533. The van der Waals surface area contributed by atoms with E-state index in [0.717, 1.165) is 24.1 Å². The van der Waals surface area contributed by atoms with Crippen molar-refractivity contribution in [2.45, 2.75) is 39.3 Å². The molecule has 1 aromatic rings. The average molecular weight is 264 g/mol. The number of hydrogen-bond acceptors (Lipinski definition) is 4. The van der Waals surface area contributed by atoms with Crippen LogP contribution in [0.2, 0.25) is 0 Å². The zero-order valence-electron chi connectivity index (χ0n) is 12.1. The molecule has 0 heterocycles. The van der Waals surface area contributed by atoms with Crippen molar-refractivity contribution in [2.75, 3.05) is 19.4 Å². The lowest BCUT2D eigenvalue weighted by Gasteiger charge is -2.26. The van der Waals surface area contributed by atoms with Gasteiger partial charge in [0.1, 0.15) is 6.04 Å². The molecule has 0 aliphatic rings. The molecule has 4 heteroatoms. The number of nitrogen functional groups attached to an aromatic ring is 1. The van der Waals surface area contributed by atoms with Crippen LogP contribution in [-0.2, 0) is 16.1 Å². The first-order chi connectivity index (χ1) is 9.08. The van der Waals surface area contributed by atoms with Crippen molar-refractivity contribution in [3.8, 4) is 0 Å². The van der Waals surface area contributed by atoms with Crippen molar-refractivity contribution in [3.63, 3.8) is 0 Å². The second-order valence-electron chi connectivity index (χ2n) is 4.71. The molecule has 2 N–H and O–H groups in total. The molecule has 1 atom stereocenters. The summed E-state index contributed by atoms with van der Waals surface area (Å²) < 4.78 is 5.13. The van der Waals surface area contributed by atoms with E-state index in [1.165, 1.54) is 0 Å². The van der Waals surface area contributed by atoms with Crippen LogP contribution in [0.4, 0.5) is 5.69 Å². The number of nitrogens with zero attached hydrogens (tertiary/aromatic N) is 1. The van der Waals surface area contributed by atoms with Gasteiger partial charge < -0.3 is 10.5 Å². The minimum atomic E-state index is -0.178. The number of carbonyl (C=O) groups excluding carboxylic acids is 1. The van der Waals surface area contributed by atoms with Crippen LogP contribution in [0.5, 0.6) is 0 Å². The molecule has 106 valence electrons. The maximum Gasteiger partial charge on any atom is 0.323 e. The predicted octanol–water partition coefficient (Wildman–Crippen LogP) is 2.43. The quantitative estimate of drug-likeness (QED) is 0.607. The lowest BCUT2D eigenvalue weighted by Crippen LogP contribution is -2.39. The van der Waals surface area contributed by atoms with Gasteiger partial charge in [-0.25, -0.2) is 0 Å². The summed E-state index contributed by atoms with van der Waals surface area (Å²) in [5, 5.41) is 0. The number of ether oxygens (including phenoxy) is 1. The molecule has 0 aliphatic carbocycles. The molecule has 0 saturated heterocycles. The average Bonchev–Trinajstić information content (AvgIpc) is 2.38. The van der Waals surface area contributed by atoms with Gasteiger partial charge in [0.05, 0.1) is 6.61 Å². The molecule has 0 amide bonds. The van der Waals surface area contributed by atoms with E-state index < -0.39 is 0 Å². The maximum absolute atomic E-state index is 11.9. The van der Waals surface area contributed by atoms with Crippen molar-refractivity contribution >= 4 is 11.7 Å². The van der Waals surface area contributed by atoms with Crippen LogP contribution >= 0.6 is 0 Å². The number of esters is 1. The Bertz CT molecular complexity index is 390. The van der Waals surface area contributed by atoms with Crippen LogP contribution in [0, 0.1) is 0 Å². The lowest BCUT2D eigenvalue weighted by atomic mass is 10.1. The monoisotopic (exact) mass is 264 g/mol. The van der Waals surface area contributed by atoms with Crippen LogP contribution < -0.4 is 5.73 Å². The van der Waals surface area contributed by atoms with Gasteiger partial charge in [0.2, 0.25) is 0 Å². The highest BCUT2D eigenvalue weighted by atomic mass is 16.5. The van der Waals surface area contributed by atoms with Crippen LogP contribution in [0.3, 0.4) is 0 Å². The maximum atomic E-state index is 11.9. The highest BCUT2D eigenvalue weighted by Crippen LogP contribution is 2.13. The topological polar surface area (TPSA) is 55.6 Å². The molecular weight excluding hydrogens is 240 g/mol. The summed E-state index contributed by atoms with van der Waals surface area (Å²) in [5.74, 6) is -0.137. The van der Waals surface area contributed by atoms with Gasteiger partial charge in [0.15, 0.2) is 0 Å². The summed E-state index contributed by atoms with van der Waals surface area (Å²) in [6.45, 7) is 5.04. The van der Waals surface area contributed by atoms with E-state index in [1.54, 1.807) is 0 Å². The summed E-state index contributed by atoms with van der Waals surface area (Å²) in [6, 6.07) is 7.55. The Morgan fingerprint density at radius 1 is 1.32 bits per heavy atom. The number of nitrogens with two attached hydrogens (primary N) is 1. The molecule has 0 aliphatic heterocycles. The van der Waals surface area contributed by atoms with E-state index in [0.29, 0.717) is 13.2 Å². The van der Waals surface area contributed by atoms with Gasteiger partial charge in [0, 0.05) is 12.2 Å². The van der Waals surface area contributed by atoms with Crippen LogP contribution in [0.25, 0.3) is 0 Å². The number of benzene rings is 1. The predicted molar refractivity (Wildman–Crippen MR) is 77.7 cm³/mol. The Hall–Kier alpha value is -1.55. The Morgan fingerprint density at radius 3 is 2.47 bits per heavy atom. The van der Waals surface area contributed by atoms with Crippen LogP contribution in [0.15, 0.2) is 24.3 Å². The van der Waals surface area contributed by atoms with Gasteiger partial charge in [-0.15, -0.1) is 0 Å². The van der Waals surface area contributed by atoms with E-state index in [-0.39, 0.29) is 12.0 Å². The fourth-order valence-corrected chi connectivity index (χ4v) is 2.05. The molecule has 0 radical (unpaired) electrons. The van der Waals surface area contributed by atoms with Crippen molar-refractivity contribution in [2.24, 2.45) is 0 Å². The third-order valence-electron chi connectivity index (χ3n) is 3.06. The molecule has 0 bridgehead atoms. The number of likely N-dealkylation sites (N-methyl/N-ethyl adjacent to an activating group) is 1. The summed E-state index contributed by atoms with van der Waals surface area (Å²) in [5.41, 5.74) is 7.56. The number of hydrogen-bond donors (Lipinski definition) is 1. The second-order valence-corrected chi connectivity index (χ2v) is 4.71. The number of anilines is 1. The number of carbonyl (C=O) groups is 1. The zero-order valence-corrected chi connectivity index (χ0v) is 12.1. The minimum absolute atomic E-state index is 0.137. The Labute approximate surface area is 115 Å². The normalized spacial score (nSPS) is 12.4. The largest absolute Gasteiger partial charge is 0.465 e. The molecule has 0 saturated carbocycles. The van der Waals surface area contributed by atoms with Gasteiger partial charge in [-0.05, 0) is 38.1 Å². The van der Waals surface area contributed by atoms with Gasteiger partial charge in [-0.1, -0.05) is 25.5 Å². The van der Waals surface area contributed by atoms with Crippen molar-refractivity contribution < 1.29 is 9.53 Å². The van der Waals surface area contributed by atoms with Gasteiger partial charge in [-0.2, -0.15) is 0 Å². The van der Waals surface area contributed by atoms with Crippen LogP contribution in [0.1, 0.15) is 32.3 Å². The third kappa shape index (κ3) is 4.91. The van der Waals surface area contributed by atoms with Crippen molar-refractivity contribution in [1.29, 1.82) is 0 Å². The lowest BCUT2D eigenvalue weighted by molar-refractivity contribution is -0.149. The van der Waals surface area contributed by atoms with E-state index in [2.05, 4.69) is 6.92 Å². The highest BCUT2D eigenvalue weighted by Gasteiger charge is 2.23. The van der Waals surface area contributed by atoms with Crippen LogP contribution in [-0.4, -0.2) is 30.6 Å². The Morgan fingerprint density at radius 2 is 1.95 bits per heavy atom. The molecule has 1 aromatic carbocycles. The first-order valence-electron chi connectivity index (χ1n) is 6.79. The first kappa shape index (κ1) is 15.5. The Balaban J connectivity index is 2.68. The zero-order chi connectivity index (χ0) is 14.3. The van der Waals surface area contributed by atoms with Gasteiger partial charge in [0.25, 0.3) is 0 Å². The van der Waals surface area contributed by atoms with Crippen molar-refractivity contribution in [3.05, 3.63) is 29.8 Å². The molecule has 1 rings (SSSR count). The summed E-state index contributed by atoms with van der Waals surface area (Å²) in [6.07, 6.45) is 1.76. The Kier molecular flexibility index (Phi) is 6.36. The van der Waals surface area contributed by atoms with E-state index >= 15 is 0 Å². The standard InChI is InChI=1S/C15H24N2O2/c1-4-6-14(15(18)19-5-2)17(3)11-12-7-9-13(16)10-8-12/h7-10,14H,4-6,11,16H2,1-3H3. The summed E-state index contributed by atoms with van der Waals surface area (Å²) >= 11 is 0. The highest BCUT2D eigenvalue weighted by molar-refractivity contribution is 5.75. The molecule has 0 aromatic heterocycles. The molecule has 4 nitrogen and oxygen atoms in total. The minimum Gasteiger partial charge on any atom is -0.465 e.